The number of carbonyl (C=O) groups is 2. The van der Waals surface area contributed by atoms with Gasteiger partial charge in [-0.15, -0.1) is 0 Å². The predicted octanol–water partition coefficient (Wildman–Crippen LogP) is 5.33. The second-order valence-corrected chi connectivity index (χ2v) is 9.89. The maximum Gasteiger partial charge on any atom is 0.251 e. The summed E-state index contributed by atoms with van der Waals surface area (Å²) >= 11 is 0. The SMILES string of the molecule is Cc1cc2ncn(CC(=O)NC(Cc3cc(F)cc(F)c3)c3ncccc3-c3ccc(F)c(C(N)=O)c3)c2cc1C. The third kappa shape index (κ3) is 5.96. The summed E-state index contributed by atoms with van der Waals surface area (Å²) in [6.07, 6.45) is 3.09. The van der Waals surface area contributed by atoms with Gasteiger partial charge >= 0.3 is 0 Å². The number of nitrogens with zero attached hydrogens (tertiary/aromatic N) is 3. The number of aryl methyl sites for hydroxylation is 2. The van der Waals surface area contributed by atoms with Crippen LogP contribution < -0.4 is 11.1 Å². The molecule has 3 N–H and O–H groups in total. The monoisotopic (exact) mass is 557 g/mol. The van der Waals surface area contributed by atoms with E-state index >= 15 is 0 Å². The number of pyridine rings is 1. The van der Waals surface area contributed by atoms with Crippen molar-refractivity contribution >= 4 is 22.8 Å². The molecule has 7 nitrogen and oxygen atoms in total. The molecule has 0 radical (unpaired) electrons. The van der Waals surface area contributed by atoms with Crippen LogP contribution in [0.5, 0.6) is 0 Å². The third-order valence-corrected chi connectivity index (χ3v) is 6.96. The normalized spacial score (nSPS) is 11.9. The molecular weight excluding hydrogens is 531 g/mol. The highest BCUT2D eigenvalue weighted by atomic mass is 19.1. The quantitative estimate of drug-likeness (QED) is 0.269. The Kier molecular flexibility index (Phi) is 7.56. The van der Waals surface area contributed by atoms with Crippen molar-refractivity contribution in [1.82, 2.24) is 19.9 Å². The van der Waals surface area contributed by atoms with E-state index in [9.17, 15) is 22.8 Å². The Bertz CT molecular complexity index is 1780. The highest BCUT2D eigenvalue weighted by molar-refractivity contribution is 5.94. The van der Waals surface area contributed by atoms with Gasteiger partial charge in [0.25, 0.3) is 5.91 Å². The third-order valence-electron chi connectivity index (χ3n) is 6.96. The first-order valence-corrected chi connectivity index (χ1v) is 12.8. The van der Waals surface area contributed by atoms with E-state index in [1.165, 1.54) is 30.5 Å². The number of carbonyl (C=O) groups excluding carboxylic acids is 2. The first-order chi connectivity index (χ1) is 19.6. The van der Waals surface area contributed by atoms with Crippen LogP contribution in [0, 0.1) is 31.3 Å². The summed E-state index contributed by atoms with van der Waals surface area (Å²) < 4.78 is 44.1. The average Bonchev–Trinajstić information content (AvgIpc) is 3.28. The van der Waals surface area contributed by atoms with Crippen molar-refractivity contribution < 1.29 is 22.8 Å². The summed E-state index contributed by atoms with van der Waals surface area (Å²) in [6, 6.07) is 13.4. The molecule has 10 heteroatoms. The Labute approximate surface area is 233 Å². The lowest BCUT2D eigenvalue weighted by Gasteiger charge is -2.22. The molecule has 1 atom stereocenters. The Morgan fingerprint density at radius 2 is 1.68 bits per heavy atom. The van der Waals surface area contributed by atoms with Crippen molar-refractivity contribution in [3.8, 4) is 11.1 Å². The highest BCUT2D eigenvalue weighted by Gasteiger charge is 2.23. The van der Waals surface area contributed by atoms with Crippen LogP contribution in [0.3, 0.4) is 0 Å². The molecule has 0 aliphatic carbocycles. The molecule has 0 spiro atoms. The molecule has 2 aromatic heterocycles. The number of aromatic nitrogens is 3. The van der Waals surface area contributed by atoms with Gasteiger partial charge in [0.1, 0.15) is 24.0 Å². The van der Waals surface area contributed by atoms with E-state index in [-0.39, 0.29) is 18.5 Å². The molecule has 0 saturated carbocycles. The van der Waals surface area contributed by atoms with Crippen LogP contribution >= 0.6 is 0 Å². The maximum atomic E-state index is 14.2. The molecule has 0 bridgehead atoms. The number of hydrogen-bond donors (Lipinski definition) is 2. The van der Waals surface area contributed by atoms with Crippen molar-refractivity contribution in [1.29, 1.82) is 0 Å². The predicted molar refractivity (Wildman–Crippen MR) is 148 cm³/mol. The number of rotatable bonds is 8. The van der Waals surface area contributed by atoms with Crippen molar-refractivity contribution in [3.05, 3.63) is 119 Å². The Balaban J connectivity index is 1.53. The van der Waals surface area contributed by atoms with Crippen LogP contribution in [-0.2, 0) is 17.8 Å². The summed E-state index contributed by atoms with van der Waals surface area (Å²) in [7, 11) is 0. The lowest BCUT2D eigenvalue weighted by Crippen LogP contribution is -2.33. The molecule has 2 heterocycles. The molecule has 0 aliphatic heterocycles. The number of hydrogen-bond acceptors (Lipinski definition) is 4. The molecule has 5 aromatic rings. The summed E-state index contributed by atoms with van der Waals surface area (Å²) in [5.74, 6) is -3.62. The molecule has 0 aliphatic rings. The van der Waals surface area contributed by atoms with E-state index < -0.39 is 35.3 Å². The molecule has 3 aromatic carbocycles. The van der Waals surface area contributed by atoms with Crippen LogP contribution in [0.4, 0.5) is 13.2 Å². The molecule has 5 rings (SSSR count). The van der Waals surface area contributed by atoms with E-state index in [1.54, 1.807) is 23.0 Å². The van der Waals surface area contributed by atoms with Crippen molar-refractivity contribution in [3.63, 3.8) is 0 Å². The topological polar surface area (TPSA) is 103 Å². The van der Waals surface area contributed by atoms with E-state index in [0.717, 1.165) is 34.3 Å². The zero-order valence-corrected chi connectivity index (χ0v) is 22.3. The van der Waals surface area contributed by atoms with Crippen LogP contribution in [0.2, 0.25) is 0 Å². The average molecular weight is 558 g/mol. The molecule has 0 saturated heterocycles. The summed E-state index contributed by atoms with van der Waals surface area (Å²) in [4.78, 5) is 34.1. The van der Waals surface area contributed by atoms with Gasteiger partial charge < -0.3 is 15.6 Å². The van der Waals surface area contributed by atoms with Crippen molar-refractivity contribution in [2.24, 2.45) is 5.73 Å². The Hall–Kier alpha value is -4.99. The highest BCUT2D eigenvalue weighted by Crippen LogP contribution is 2.30. The Morgan fingerprint density at radius 1 is 0.951 bits per heavy atom. The lowest BCUT2D eigenvalue weighted by atomic mass is 9.94. The number of nitrogens with two attached hydrogens (primary N) is 1. The minimum absolute atomic E-state index is 0.00269. The second kappa shape index (κ2) is 11.2. The van der Waals surface area contributed by atoms with Gasteiger partial charge in [0.05, 0.1) is 34.7 Å². The zero-order valence-electron chi connectivity index (χ0n) is 22.3. The molecular formula is C31H26F3N5O2. The fraction of sp³-hybridized carbons (Fsp3) is 0.161. The fourth-order valence-electron chi connectivity index (χ4n) is 4.84. The molecule has 1 unspecified atom stereocenters. The van der Waals surface area contributed by atoms with E-state index in [1.807, 2.05) is 26.0 Å². The molecule has 208 valence electrons. The smallest absolute Gasteiger partial charge is 0.251 e. The van der Waals surface area contributed by atoms with Crippen LogP contribution in [0.15, 0.2) is 73.2 Å². The van der Waals surface area contributed by atoms with Gasteiger partial charge in [-0.25, -0.2) is 18.2 Å². The van der Waals surface area contributed by atoms with Gasteiger partial charge in [0.2, 0.25) is 5.91 Å². The first-order valence-electron chi connectivity index (χ1n) is 12.8. The molecule has 2 amide bonds. The number of imidazole rings is 1. The molecule has 0 fully saturated rings. The van der Waals surface area contributed by atoms with Gasteiger partial charge in [-0.2, -0.15) is 0 Å². The summed E-state index contributed by atoms with van der Waals surface area (Å²) in [6.45, 7) is 3.89. The summed E-state index contributed by atoms with van der Waals surface area (Å²) in [5, 5.41) is 2.95. The first kappa shape index (κ1) is 27.6. The van der Waals surface area contributed by atoms with E-state index in [4.69, 9.17) is 5.73 Å². The molecule has 41 heavy (non-hydrogen) atoms. The van der Waals surface area contributed by atoms with E-state index in [0.29, 0.717) is 22.4 Å². The van der Waals surface area contributed by atoms with Gasteiger partial charge in [-0.05, 0) is 85.0 Å². The largest absolute Gasteiger partial charge is 0.366 e. The van der Waals surface area contributed by atoms with Gasteiger partial charge in [0, 0.05) is 17.8 Å². The standard InChI is InChI=1S/C31H26F3N5O2/c1-17-8-26-28(9-18(17)2)39(16-37-26)15-29(40)38-27(12-19-10-21(32)14-22(33)11-19)30-23(4-3-7-36-30)20-5-6-25(34)24(13-20)31(35)41/h3-11,13-14,16,27H,12,15H2,1-2H3,(H2,35,41)(H,38,40). The van der Waals surface area contributed by atoms with E-state index in [2.05, 4.69) is 15.3 Å². The lowest BCUT2D eigenvalue weighted by molar-refractivity contribution is -0.122. The number of amides is 2. The maximum absolute atomic E-state index is 14.2. The zero-order chi connectivity index (χ0) is 29.3. The minimum Gasteiger partial charge on any atom is -0.366 e. The number of primary amides is 1. The van der Waals surface area contributed by atoms with Crippen LogP contribution in [-0.4, -0.2) is 26.3 Å². The minimum atomic E-state index is -0.937. The van der Waals surface area contributed by atoms with Gasteiger partial charge in [-0.1, -0.05) is 12.1 Å². The number of nitrogens with one attached hydrogen (secondary N) is 1. The van der Waals surface area contributed by atoms with Crippen molar-refractivity contribution in [2.75, 3.05) is 0 Å². The fourth-order valence-corrected chi connectivity index (χ4v) is 4.84. The van der Waals surface area contributed by atoms with Crippen molar-refractivity contribution in [2.45, 2.75) is 32.9 Å². The second-order valence-electron chi connectivity index (χ2n) is 9.89. The van der Waals surface area contributed by atoms with Crippen LogP contribution in [0.1, 0.15) is 38.8 Å². The number of fused-ring (bicyclic) bond motifs is 1. The number of halogens is 3. The number of benzene rings is 3. The van der Waals surface area contributed by atoms with Crippen LogP contribution in [0.25, 0.3) is 22.2 Å². The Morgan fingerprint density at radius 3 is 2.41 bits per heavy atom. The summed E-state index contributed by atoms with van der Waals surface area (Å²) in [5.41, 5.74) is 10.3. The van der Waals surface area contributed by atoms with Gasteiger partial charge in [0.15, 0.2) is 0 Å². The van der Waals surface area contributed by atoms with Gasteiger partial charge in [-0.3, -0.25) is 14.6 Å².